The topological polar surface area (TPSA) is 77.7 Å². The molecule has 0 aliphatic carbocycles. The van der Waals surface area contributed by atoms with Gasteiger partial charge in [-0.15, -0.1) is 0 Å². The number of ether oxygens (including phenoxy) is 1. The molecule has 1 aromatic heterocycles. The van der Waals surface area contributed by atoms with Gasteiger partial charge in [-0.3, -0.25) is 9.59 Å². The molecule has 186 valence electrons. The van der Waals surface area contributed by atoms with E-state index in [1.54, 1.807) is 7.11 Å². The van der Waals surface area contributed by atoms with Crippen molar-refractivity contribution in [3.8, 4) is 5.75 Å². The summed E-state index contributed by atoms with van der Waals surface area (Å²) in [5, 5.41) is 4.15. The number of carbonyl (C=O) groups excluding carboxylic acids is 2. The van der Waals surface area contributed by atoms with Gasteiger partial charge in [-0.25, -0.2) is 0 Å². The van der Waals surface area contributed by atoms with Crippen molar-refractivity contribution in [3.05, 3.63) is 30.0 Å². The number of piperidine rings is 2. The lowest BCUT2D eigenvalue weighted by Crippen LogP contribution is -2.43. The lowest BCUT2D eigenvalue weighted by molar-refractivity contribution is -0.126. The Labute approximate surface area is 203 Å². The summed E-state index contributed by atoms with van der Waals surface area (Å²) in [5.41, 5.74) is 1.51. The highest BCUT2D eigenvalue weighted by atomic mass is 16.5. The molecule has 3 heterocycles. The van der Waals surface area contributed by atoms with Crippen molar-refractivity contribution in [3.63, 3.8) is 0 Å². The molecule has 4 rings (SSSR count). The SMILES string of the molecule is COc1ccc2cc(C(=O)N3CCC([C@@H](C)C(=O)NCCCN4CCC[C@H](C)C4)CC3)[nH]c2c1. The van der Waals surface area contributed by atoms with Crippen LogP contribution in [0.1, 0.15) is 56.4 Å². The third-order valence-electron chi connectivity index (χ3n) is 7.70. The van der Waals surface area contributed by atoms with Crippen molar-refractivity contribution in [1.82, 2.24) is 20.1 Å². The summed E-state index contributed by atoms with van der Waals surface area (Å²) in [4.78, 5) is 33.4. The van der Waals surface area contributed by atoms with E-state index in [1.807, 2.05) is 36.1 Å². The maximum Gasteiger partial charge on any atom is 0.270 e. The molecule has 0 unspecified atom stereocenters. The maximum atomic E-state index is 13.0. The molecular formula is C27H40N4O3. The fourth-order valence-electron chi connectivity index (χ4n) is 5.50. The van der Waals surface area contributed by atoms with Gasteiger partial charge in [0, 0.05) is 49.1 Å². The number of methoxy groups -OCH3 is 1. The molecule has 2 atom stereocenters. The van der Waals surface area contributed by atoms with E-state index < -0.39 is 0 Å². The van der Waals surface area contributed by atoms with Crippen LogP contribution >= 0.6 is 0 Å². The number of H-pyrrole nitrogens is 1. The van der Waals surface area contributed by atoms with Gasteiger partial charge < -0.3 is 24.8 Å². The zero-order valence-corrected chi connectivity index (χ0v) is 20.9. The zero-order valence-electron chi connectivity index (χ0n) is 20.9. The molecule has 2 saturated heterocycles. The quantitative estimate of drug-likeness (QED) is 0.576. The van der Waals surface area contributed by atoms with Crippen LogP contribution in [0.25, 0.3) is 10.9 Å². The van der Waals surface area contributed by atoms with Gasteiger partial charge >= 0.3 is 0 Å². The van der Waals surface area contributed by atoms with Crippen LogP contribution < -0.4 is 10.1 Å². The van der Waals surface area contributed by atoms with Crippen molar-refractivity contribution in [2.75, 3.05) is 46.4 Å². The van der Waals surface area contributed by atoms with Gasteiger partial charge in [0.1, 0.15) is 11.4 Å². The molecule has 7 heteroatoms. The lowest BCUT2D eigenvalue weighted by atomic mass is 9.84. The predicted molar refractivity (Wildman–Crippen MR) is 135 cm³/mol. The molecule has 0 saturated carbocycles. The molecule has 2 aliphatic heterocycles. The van der Waals surface area contributed by atoms with Crippen molar-refractivity contribution in [1.29, 1.82) is 0 Å². The van der Waals surface area contributed by atoms with Crippen LogP contribution in [0.15, 0.2) is 24.3 Å². The molecule has 2 aromatic rings. The van der Waals surface area contributed by atoms with Crippen LogP contribution in [0.2, 0.25) is 0 Å². The van der Waals surface area contributed by atoms with Gasteiger partial charge in [0.2, 0.25) is 5.91 Å². The van der Waals surface area contributed by atoms with Crippen molar-refractivity contribution in [2.24, 2.45) is 17.8 Å². The van der Waals surface area contributed by atoms with E-state index in [2.05, 4.69) is 22.1 Å². The average molecular weight is 469 g/mol. The highest BCUT2D eigenvalue weighted by Gasteiger charge is 2.30. The number of benzene rings is 1. The number of carbonyl (C=O) groups is 2. The van der Waals surface area contributed by atoms with E-state index in [0.717, 1.165) is 54.9 Å². The third kappa shape index (κ3) is 5.93. The van der Waals surface area contributed by atoms with Gasteiger partial charge in [-0.2, -0.15) is 0 Å². The van der Waals surface area contributed by atoms with Crippen LogP contribution in [-0.2, 0) is 4.79 Å². The van der Waals surface area contributed by atoms with Crippen LogP contribution in [0.5, 0.6) is 5.75 Å². The van der Waals surface area contributed by atoms with Crippen LogP contribution in [-0.4, -0.2) is 73.0 Å². The monoisotopic (exact) mass is 468 g/mol. The molecule has 0 bridgehead atoms. The van der Waals surface area contributed by atoms with E-state index in [9.17, 15) is 9.59 Å². The van der Waals surface area contributed by atoms with Gasteiger partial charge in [0.25, 0.3) is 5.91 Å². The number of aromatic amines is 1. The summed E-state index contributed by atoms with van der Waals surface area (Å²) in [6, 6.07) is 7.67. The first-order chi connectivity index (χ1) is 16.4. The van der Waals surface area contributed by atoms with E-state index in [-0.39, 0.29) is 17.7 Å². The molecule has 2 amide bonds. The smallest absolute Gasteiger partial charge is 0.270 e. The van der Waals surface area contributed by atoms with E-state index in [4.69, 9.17) is 4.74 Å². The molecule has 34 heavy (non-hydrogen) atoms. The van der Waals surface area contributed by atoms with E-state index in [1.165, 1.54) is 25.9 Å². The summed E-state index contributed by atoms with van der Waals surface area (Å²) in [7, 11) is 1.64. The Kier molecular flexibility index (Phi) is 8.14. The fourth-order valence-corrected chi connectivity index (χ4v) is 5.50. The van der Waals surface area contributed by atoms with Gasteiger partial charge in [-0.1, -0.05) is 13.8 Å². The minimum Gasteiger partial charge on any atom is -0.497 e. The molecule has 2 fully saturated rings. The van der Waals surface area contributed by atoms with Gasteiger partial charge in [0.05, 0.1) is 7.11 Å². The Morgan fingerprint density at radius 3 is 2.71 bits per heavy atom. The number of hydrogen-bond acceptors (Lipinski definition) is 4. The second-order valence-corrected chi connectivity index (χ2v) is 10.2. The summed E-state index contributed by atoms with van der Waals surface area (Å²) < 4.78 is 5.27. The van der Waals surface area contributed by atoms with Crippen LogP contribution in [0.3, 0.4) is 0 Å². The second-order valence-electron chi connectivity index (χ2n) is 10.2. The molecule has 7 nitrogen and oxygen atoms in total. The first kappa shape index (κ1) is 24.6. The number of aromatic nitrogens is 1. The Hall–Kier alpha value is -2.54. The largest absolute Gasteiger partial charge is 0.497 e. The first-order valence-corrected chi connectivity index (χ1v) is 12.9. The second kappa shape index (κ2) is 11.3. The van der Waals surface area contributed by atoms with Crippen molar-refractivity contribution >= 4 is 22.7 Å². The summed E-state index contributed by atoms with van der Waals surface area (Å²) in [6.07, 6.45) is 5.36. The normalized spacial score (nSPS) is 20.9. The van der Waals surface area contributed by atoms with Crippen molar-refractivity contribution < 1.29 is 14.3 Å². The minimum atomic E-state index is -0.0206. The molecule has 1 aromatic carbocycles. The average Bonchev–Trinajstić information content (AvgIpc) is 3.29. The van der Waals surface area contributed by atoms with Gasteiger partial charge in [-0.05, 0) is 75.2 Å². The van der Waals surface area contributed by atoms with Crippen LogP contribution in [0.4, 0.5) is 0 Å². The zero-order chi connectivity index (χ0) is 24.1. The molecule has 0 radical (unpaired) electrons. The van der Waals surface area contributed by atoms with Crippen molar-refractivity contribution in [2.45, 2.75) is 46.0 Å². The highest BCUT2D eigenvalue weighted by Crippen LogP contribution is 2.27. The number of hydrogen-bond donors (Lipinski definition) is 2. The minimum absolute atomic E-state index is 0.0206. The number of amides is 2. The van der Waals surface area contributed by atoms with E-state index >= 15 is 0 Å². The predicted octanol–water partition coefficient (Wildman–Crippen LogP) is 3.90. The Morgan fingerprint density at radius 2 is 1.97 bits per heavy atom. The Balaban J connectivity index is 1.20. The number of fused-ring (bicyclic) bond motifs is 1. The summed E-state index contributed by atoms with van der Waals surface area (Å²) >= 11 is 0. The maximum absolute atomic E-state index is 13.0. The van der Waals surface area contributed by atoms with Crippen LogP contribution in [0, 0.1) is 17.8 Å². The summed E-state index contributed by atoms with van der Waals surface area (Å²) in [6.45, 7) is 9.94. The third-order valence-corrected chi connectivity index (χ3v) is 7.70. The number of likely N-dealkylation sites (tertiary alicyclic amines) is 2. The molecule has 2 aliphatic rings. The number of nitrogens with zero attached hydrogens (tertiary/aromatic N) is 2. The number of rotatable bonds is 8. The standard InChI is InChI=1S/C27H40N4O3/c1-19-6-4-12-30(18-19)13-5-11-28-26(32)20(2)21-9-14-31(15-10-21)27(33)25-16-22-7-8-23(34-3)17-24(22)29-25/h7-8,16-17,19-21,29H,4-6,9-15,18H2,1-3H3,(H,28,32)/t19-,20+/m0/s1. The fraction of sp³-hybridized carbons (Fsp3) is 0.630. The lowest BCUT2D eigenvalue weighted by Gasteiger charge is -2.34. The van der Waals surface area contributed by atoms with Gasteiger partial charge in [0.15, 0.2) is 0 Å². The Morgan fingerprint density at radius 1 is 1.18 bits per heavy atom. The molecule has 0 spiro atoms. The molecular weight excluding hydrogens is 428 g/mol. The first-order valence-electron chi connectivity index (χ1n) is 12.9. The Bertz CT molecular complexity index is 979. The highest BCUT2D eigenvalue weighted by molar-refractivity contribution is 5.98. The number of nitrogens with one attached hydrogen (secondary N) is 2. The molecule has 2 N–H and O–H groups in total. The van der Waals surface area contributed by atoms with E-state index in [0.29, 0.717) is 24.7 Å². The summed E-state index contributed by atoms with van der Waals surface area (Å²) in [5.74, 6) is 2.04.